The fourth-order valence-electron chi connectivity index (χ4n) is 1.59. The molecule has 0 fully saturated rings. The molecule has 0 N–H and O–H groups in total. The zero-order valence-electron chi connectivity index (χ0n) is 9.55. The predicted molar refractivity (Wildman–Crippen MR) is 56.3 cm³/mol. The number of aromatic nitrogens is 2. The highest BCUT2D eigenvalue weighted by Gasteiger charge is 2.37. The molecule has 8 heteroatoms. The molecule has 1 aromatic heterocycles. The molecule has 1 heterocycles. The fraction of sp³-hybridized carbons (Fsp3) is 0.167. The van der Waals surface area contributed by atoms with Gasteiger partial charge in [-0.05, 0) is 30.3 Å². The van der Waals surface area contributed by atoms with E-state index in [1.54, 1.807) is 0 Å². The van der Waals surface area contributed by atoms with E-state index in [-0.39, 0.29) is 5.69 Å². The topological polar surface area (TPSA) is 25.8 Å². The molecule has 0 atom stereocenters. The van der Waals surface area contributed by atoms with Gasteiger partial charge in [-0.25, -0.2) is 0 Å². The van der Waals surface area contributed by atoms with Gasteiger partial charge in [-0.1, -0.05) is 0 Å². The maximum absolute atomic E-state index is 12.8. The number of hydrogen-bond acceptors (Lipinski definition) is 2. The van der Waals surface area contributed by atoms with E-state index in [0.717, 1.165) is 6.07 Å². The molecule has 0 saturated heterocycles. The SMILES string of the molecule is FC(F)(F)c1ccc(C(F)(F)F)c(-c2cc[c]nn2)c1. The van der Waals surface area contributed by atoms with Gasteiger partial charge >= 0.3 is 12.4 Å². The molecule has 1 radical (unpaired) electrons. The average Bonchev–Trinajstić information content (AvgIpc) is 2.37. The molecule has 0 aliphatic heterocycles. The van der Waals surface area contributed by atoms with Gasteiger partial charge in [0.05, 0.1) is 16.8 Å². The Kier molecular flexibility index (Phi) is 3.41. The van der Waals surface area contributed by atoms with E-state index in [2.05, 4.69) is 16.4 Å². The van der Waals surface area contributed by atoms with Crippen LogP contribution in [0.25, 0.3) is 11.3 Å². The van der Waals surface area contributed by atoms with Gasteiger partial charge in [0.15, 0.2) is 0 Å². The van der Waals surface area contributed by atoms with Gasteiger partial charge in [-0.2, -0.15) is 26.3 Å². The van der Waals surface area contributed by atoms with Crippen molar-refractivity contribution < 1.29 is 26.3 Å². The number of benzene rings is 1. The summed E-state index contributed by atoms with van der Waals surface area (Å²) in [6.45, 7) is 0. The van der Waals surface area contributed by atoms with E-state index in [0.29, 0.717) is 18.2 Å². The van der Waals surface area contributed by atoms with Crippen LogP contribution >= 0.6 is 0 Å². The molecule has 0 aliphatic rings. The summed E-state index contributed by atoms with van der Waals surface area (Å²) in [6.07, 6.45) is -7.29. The summed E-state index contributed by atoms with van der Waals surface area (Å²) in [5.41, 5.74) is -3.36. The van der Waals surface area contributed by atoms with Crippen LogP contribution in [0.2, 0.25) is 0 Å². The van der Waals surface area contributed by atoms with Crippen molar-refractivity contribution in [2.75, 3.05) is 0 Å². The quantitative estimate of drug-likeness (QED) is 0.743. The Bertz CT molecular complexity index is 604. The third-order valence-electron chi connectivity index (χ3n) is 2.46. The van der Waals surface area contributed by atoms with Gasteiger partial charge in [0.25, 0.3) is 0 Å². The summed E-state index contributed by atoms with van der Waals surface area (Å²) >= 11 is 0. The normalized spacial score (nSPS) is 12.5. The van der Waals surface area contributed by atoms with Crippen LogP contribution in [0.3, 0.4) is 0 Å². The molecule has 0 bridgehead atoms. The van der Waals surface area contributed by atoms with Crippen molar-refractivity contribution >= 4 is 0 Å². The first-order valence-electron chi connectivity index (χ1n) is 5.18. The highest BCUT2D eigenvalue weighted by atomic mass is 19.4. The Morgan fingerprint density at radius 2 is 1.60 bits per heavy atom. The Morgan fingerprint density at radius 3 is 2.10 bits per heavy atom. The van der Waals surface area contributed by atoms with E-state index >= 15 is 0 Å². The average molecular weight is 291 g/mol. The van der Waals surface area contributed by atoms with Gasteiger partial charge in [0.2, 0.25) is 0 Å². The molecule has 105 valence electrons. The van der Waals surface area contributed by atoms with Crippen molar-refractivity contribution in [3.63, 3.8) is 0 Å². The van der Waals surface area contributed by atoms with E-state index in [1.165, 1.54) is 6.07 Å². The van der Waals surface area contributed by atoms with Crippen LogP contribution in [-0.4, -0.2) is 10.2 Å². The molecule has 0 spiro atoms. The van der Waals surface area contributed by atoms with Crippen LogP contribution in [0.1, 0.15) is 11.1 Å². The van der Waals surface area contributed by atoms with Crippen molar-refractivity contribution in [2.24, 2.45) is 0 Å². The summed E-state index contributed by atoms with van der Waals surface area (Å²) < 4.78 is 76.2. The number of hydrogen-bond donors (Lipinski definition) is 0. The third kappa shape index (κ3) is 2.89. The molecular weight excluding hydrogens is 286 g/mol. The second-order valence-electron chi connectivity index (χ2n) is 3.80. The highest BCUT2D eigenvalue weighted by molar-refractivity contribution is 5.65. The number of alkyl halides is 6. The lowest BCUT2D eigenvalue weighted by molar-refractivity contribution is -0.141. The number of rotatable bonds is 1. The van der Waals surface area contributed by atoms with Gasteiger partial charge in [-0.15, -0.1) is 10.2 Å². The Morgan fingerprint density at radius 1 is 0.900 bits per heavy atom. The van der Waals surface area contributed by atoms with E-state index in [4.69, 9.17) is 0 Å². The zero-order valence-corrected chi connectivity index (χ0v) is 9.55. The summed E-state index contributed by atoms with van der Waals surface area (Å²) in [6, 6.07) is 3.46. The van der Waals surface area contributed by atoms with Crippen molar-refractivity contribution in [2.45, 2.75) is 12.4 Å². The van der Waals surface area contributed by atoms with Crippen molar-refractivity contribution in [1.29, 1.82) is 0 Å². The van der Waals surface area contributed by atoms with Crippen LogP contribution in [0.4, 0.5) is 26.3 Å². The first-order valence-corrected chi connectivity index (χ1v) is 5.18. The smallest absolute Gasteiger partial charge is 0.166 e. The summed E-state index contributed by atoms with van der Waals surface area (Å²) in [7, 11) is 0. The maximum atomic E-state index is 12.8. The van der Waals surface area contributed by atoms with Crippen LogP contribution < -0.4 is 0 Å². The van der Waals surface area contributed by atoms with E-state index < -0.39 is 29.0 Å². The maximum Gasteiger partial charge on any atom is 0.417 e. The van der Waals surface area contributed by atoms with Crippen molar-refractivity contribution in [3.8, 4) is 11.3 Å². The molecular formula is C12H5F6N2. The zero-order chi connectivity index (χ0) is 15.0. The molecule has 2 aromatic rings. The minimum absolute atomic E-state index is 0.304. The van der Waals surface area contributed by atoms with Crippen LogP contribution in [0, 0.1) is 6.20 Å². The minimum atomic E-state index is -4.79. The Labute approximate surface area is 109 Å². The largest absolute Gasteiger partial charge is 0.417 e. The molecule has 2 nitrogen and oxygen atoms in total. The Hall–Kier alpha value is -2.12. The van der Waals surface area contributed by atoms with Gasteiger partial charge < -0.3 is 0 Å². The molecule has 0 saturated carbocycles. The van der Waals surface area contributed by atoms with Crippen LogP contribution in [0.5, 0.6) is 0 Å². The molecule has 0 amide bonds. The number of halogens is 6. The first kappa shape index (κ1) is 14.3. The third-order valence-corrected chi connectivity index (χ3v) is 2.46. The van der Waals surface area contributed by atoms with Crippen molar-refractivity contribution in [1.82, 2.24) is 10.2 Å². The second-order valence-corrected chi connectivity index (χ2v) is 3.80. The highest BCUT2D eigenvalue weighted by Crippen LogP contribution is 2.39. The van der Waals surface area contributed by atoms with Crippen LogP contribution in [0.15, 0.2) is 30.3 Å². The predicted octanol–water partition coefficient (Wildman–Crippen LogP) is 3.98. The van der Waals surface area contributed by atoms with E-state index in [1.807, 2.05) is 0 Å². The number of nitrogens with zero attached hydrogens (tertiary/aromatic N) is 2. The molecule has 0 unspecified atom stereocenters. The van der Waals surface area contributed by atoms with Gasteiger partial charge in [0, 0.05) is 5.56 Å². The van der Waals surface area contributed by atoms with Gasteiger partial charge in [0.1, 0.15) is 6.20 Å². The van der Waals surface area contributed by atoms with E-state index in [9.17, 15) is 26.3 Å². The lowest BCUT2D eigenvalue weighted by Gasteiger charge is -2.15. The Balaban J connectivity index is 2.67. The standard InChI is InChI=1S/C12H5F6N2/c13-11(14,15)7-3-4-9(12(16,17)18)8(6-7)10-2-1-5-19-20-10/h1-4,6H. The lowest BCUT2D eigenvalue weighted by atomic mass is 10.0. The summed E-state index contributed by atoms with van der Waals surface area (Å²) in [5, 5.41) is 6.63. The summed E-state index contributed by atoms with van der Waals surface area (Å²) in [4.78, 5) is 0. The second kappa shape index (κ2) is 4.77. The summed E-state index contributed by atoms with van der Waals surface area (Å²) in [5.74, 6) is 0. The molecule has 0 aliphatic carbocycles. The van der Waals surface area contributed by atoms with Crippen LogP contribution in [-0.2, 0) is 12.4 Å². The molecule has 20 heavy (non-hydrogen) atoms. The van der Waals surface area contributed by atoms with Gasteiger partial charge in [-0.3, -0.25) is 0 Å². The van der Waals surface area contributed by atoms with Crippen molar-refractivity contribution in [3.05, 3.63) is 47.7 Å². The minimum Gasteiger partial charge on any atom is -0.166 e. The first-order chi connectivity index (χ1) is 9.19. The lowest BCUT2D eigenvalue weighted by Crippen LogP contribution is -2.11. The molecule has 1 aromatic carbocycles. The fourth-order valence-corrected chi connectivity index (χ4v) is 1.59. The molecule has 2 rings (SSSR count). The monoisotopic (exact) mass is 291 g/mol.